The highest BCUT2D eigenvalue weighted by Crippen LogP contribution is 2.36. The zero-order valence-electron chi connectivity index (χ0n) is 13.5. The third kappa shape index (κ3) is 3.21. The van der Waals surface area contributed by atoms with Crippen molar-refractivity contribution in [3.8, 4) is 11.5 Å². The number of anilines is 1. The van der Waals surface area contributed by atoms with Crippen molar-refractivity contribution in [3.63, 3.8) is 0 Å². The minimum absolute atomic E-state index is 0.259. The van der Waals surface area contributed by atoms with Crippen LogP contribution in [0, 0.1) is 11.7 Å². The molecule has 1 aliphatic heterocycles. The van der Waals surface area contributed by atoms with Crippen LogP contribution in [0.4, 0.5) is 10.2 Å². The van der Waals surface area contributed by atoms with E-state index in [1.54, 1.807) is 26.1 Å². The number of methoxy groups -OCH3 is 1. The summed E-state index contributed by atoms with van der Waals surface area (Å²) in [5.41, 5.74) is 1.12. The zero-order chi connectivity index (χ0) is 16.4. The SMILES string of the molecule is COc1cccc2c1OC[C@H](Cc1ncc(F)c(N(C)C)n1)C2. The van der Waals surface area contributed by atoms with E-state index in [4.69, 9.17) is 9.47 Å². The molecule has 0 saturated heterocycles. The van der Waals surface area contributed by atoms with Gasteiger partial charge in [0.1, 0.15) is 5.82 Å². The molecular weight excluding hydrogens is 297 g/mol. The number of aromatic nitrogens is 2. The minimum atomic E-state index is -0.409. The molecule has 1 aromatic heterocycles. The fourth-order valence-corrected chi connectivity index (χ4v) is 2.81. The third-order valence-electron chi connectivity index (χ3n) is 3.92. The lowest BCUT2D eigenvalue weighted by Crippen LogP contribution is -2.24. The highest BCUT2D eigenvalue weighted by molar-refractivity contribution is 5.47. The summed E-state index contributed by atoms with van der Waals surface area (Å²) >= 11 is 0. The second-order valence-corrected chi connectivity index (χ2v) is 5.89. The van der Waals surface area contributed by atoms with Gasteiger partial charge in [0.2, 0.25) is 0 Å². The molecule has 0 spiro atoms. The van der Waals surface area contributed by atoms with Crippen LogP contribution in [-0.4, -0.2) is 37.8 Å². The number of nitrogens with zero attached hydrogens (tertiary/aromatic N) is 3. The van der Waals surface area contributed by atoms with Gasteiger partial charge < -0.3 is 14.4 Å². The lowest BCUT2D eigenvalue weighted by Gasteiger charge is -2.26. The minimum Gasteiger partial charge on any atom is -0.493 e. The van der Waals surface area contributed by atoms with Crippen molar-refractivity contribution in [2.45, 2.75) is 12.8 Å². The highest BCUT2D eigenvalue weighted by Gasteiger charge is 2.24. The van der Waals surface area contributed by atoms with Crippen molar-refractivity contribution in [1.82, 2.24) is 9.97 Å². The van der Waals surface area contributed by atoms with Crippen molar-refractivity contribution in [1.29, 1.82) is 0 Å². The molecule has 0 aliphatic carbocycles. The van der Waals surface area contributed by atoms with Gasteiger partial charge >= 0.3 is 0 Å². The molecule has 0 N–H and O–H groups in total. The molecule has 122 valence electrons. The number of para-hydroxylation sites is 1. The first-order valence-electron chi connectivity index (χ1n) is 7.56. The van der Waals surface area contributed by atoms with Gasteiger partial charge in [0.05, 0.1) is 19.9 Å². The number of rotatable bonds is 4. The normalized spacial score (nSPS) is 16.4. The fraction of sp³-hybridized carbons (Fsp3) is 0.412. The Labute approximate surface area is 135 Å². The molecule has 5 nitrogen and oxygen atoms in total. The molecule has 23 heavy (non-hydrogen) atoms. The van der Waals surface area contributed by atoms with Gasteiger partial charge in [0.25, 0.3) is 0 Å². The summed E-state index contributed by atoms with van der Waals surface area (Å²) in [5, 5.41) is 0. The van der Waals surface area contributed by atoms with Gasteiger partial charge in [-0.25, -0.2) is 14.4 Å². The Morgan fingerprint density at radius 3 is 2.96 bits per heavy atom. The van der Waals surface area contributed by atoms with Crippen LogP contribution in [-0.2, 0) is 12.8 Å². The van der Waals surface area contributed by atoms with E-state index in [0.29, 0.717) is 24.7 Å². The first-order valence-corrected chi connectivity index (χ1v) is 7.56. The lowest BCUT2D eigenvalue weighted by molar-refractivity contribution is 0.209. The summed E-state index contributed by atoms with van der Waals surface area (Å²) in [6, 6.07) is 5.90. The van der Waals surface area contributed by atoms with Gasteiger partial charge in [-0.3, -0.25) is 0 Å². The highest BCUT2D eigenvalue weighted by atomic mass is 19.1. The standard InChI is InChI=1S/C17H20FN3O2/c1-21(2)17-13(18)9-19-15(20-17)8-11-7-12-5-4-6-14(22-3)16(12)23-10-11/h4-6,9,11H,7-8,10H2,1-3H3/t11-/m0/s1. The summed E-state index contributed by atoms with van der Waals surface area (Å²) in [5.74, 6) is 2.38. The average Bonchev–Trinajstić information content (AvgIpc) is 2.55. The molecule has 0 saturated carbocycles. The van der Waals surface area contributed by atoms with E-state index in [0.717, 1.165) is 23.5 Å². The first-order chi connectivity index (χ1) is 11.1. The molecule has 0 fully saturated rings. The van der Waals surface area contributed by atoms with Crippen LogP contribution in [0.25, 0.3) is 0 Å². The number of benzene rings is 1. The Morgan fingerprint density at radius 1 is 1.39 bits per heavy atom. The van der Waals surface area contributed by atoms with Crippen molar-refractivity contribution >= 4 is 5.82 Å². The molecule has 0 bridgehead atoms. The lowest BCUT2D eigenvalue weighted by atomic mass is 9.93. The van der Waals surface area contributed by atoms with E-state index >= 15 is 0 Å². The third-order valence-corrected chi connectivity index (χ3v) is 3.92. The van der Waals surface area contributed by atoms with Gasteiger partial charge in [-0.2, -0.15) is 0 Å². The smallest absolute Gasteiger partial charge is 0.183 e. The van der Waals surface area contributed by atoms with E-state index < -0.39 is 5.82 Å². The van der Waals surface area contributed by atoms with Gasteiger partial charge in [-0.15, -0.1) is 0 Å². The van der Waals surface area contributed by atoms with Gasteiger partial charge in [0.15, 0.2) is 23.1 Å². The van der Waals surface area contributed by atoms with E-state index in [2.05, 4.69) is 9.97 Å². The van der Waals surface area contributed by atoms with Gasteiger partial charge in [-0.05, 0) is 18.1 Å². The van der Waals surface area contributed by atoms with Crippen LogP contribution in [0.5, 0.6) is 11.5 Å². The molecule has 0 unspecified atom stereocenters. The van der Waals surface area contributed by atoms with Crippen molar-refractivity contribution in [2.75, 3.05) is 32.7 Å². The summed E-state index contributed by atoms with van der Waals surface area (Å²) in [4.78, 5) is 10.1. The number of hydrogen-bond acceptors (Lipinski definition) is 5. The predicted octanol–water partition coefficient (Wildman–Crippen LogP) is 2.48. The Bertz CT molecular complexity index is 706. The molecule has 1 aromatic carbocycles. The molecule has 6 heteroatoms. The molecular formula is C17H20FN3O2. The molecule has 0 radical (unpaired) electrons. The molecule has 2 heterocycles. The monoisotopic (exact) mass is 317 g/mol. The summed E-state index contributed by atoms with van der Waals surface area (Å²) in [6.07, 6.45) is 2.75. The maximum absolute atomic E-state index is 13.7. The molecule has 1 aliphatic rings. The predicted molar refractivity (Wildman–Crippen MR) is 85.7 cm³/mol. The van der Waals surface area contributed by atoms with Crippen LogP contribution in [0.2, 0.25) is 0 Å². The maximum Gasteiger partial charge on any atom is 0.183 e. The summed E-state index contributed by atoms with van der Waals surface area (Å²) < 4.78 is 24.9. The van der Waals surface area contributed by atoms with E-state index in [9.17, 15) is 4.39 Å². The molecule has 1 atom stereocenters. The van der Waals surface area contributed by atoms with Crippen LogP contribution in [0.3, 0.4) is 0 Å². The molecule has 3 rings (SSSR count). The van der Waals surface area contributed by atoms with E-state index in [-0.39, 0.29) is 5.92 Å². The molecule has 2 aromatic rings. The van der Waals surface area contributed by atoms with Crippen molar-refractivity contribution in [2.24, 2.45) is 5.92 Å². The molecule has 0 amide bonds. The van der Waals surface area contributed by atoms with Gasteiger partial charge in [-0.1, -0.05) is 12.1 Å². The largest absolute Gasteiger partial charge is 0.493 e. The Hall–Kier alpha value is -2.37. The average molecular weight is 317 g/mol. The Morgan fingerprint density at radius 2 is 2.22 bits per heavy atom. The number of halogens is 1. The quantitative estimate of drug-likeness (QED) is 0.867. The van der Waals surface area contributed by atoms with Crippen LogP contribution >= 0.6 is 0 Å². The topological polar surface area (TPSA) is 47.5 Å². The second kappa shape index (κ2) is 6.40. The number of ether oxygens (including phenoxy) is 2. The van der Waals surface area contributed by atoms with Gasteiger partial charge in [0, 0.05) is 26.4 Å². The van der Waals surface area contributed by atoms with Crippen LogP contribution in [0.1, 0.15) is 11.4 Å². The van der Waals surface area contributed by atoms with E-state index in [1.807, 2.05) is 18.2 Å². The fourth-order valence-electron chi connectivity index (χ4n) is 2.81. The van der Waals surface area contributed by atoms with E-state index in [1.165, 1.54) is 6.20 Å². The van der Waals surface area contributed by atoms with Crippen molar-refractivity contribution in [3.05, 3.63) is 41.6 Å². The summed E-state index contributed by atoms with van der Waals surface area (Å²) in [7, 11) is 5.17. The second-order valence-electron chi connectivity index (χ2n) is 5.89. The Kier molecular flexibility index (Phi) is 4.32. The number of hydrogen-bond donors (Lipinski definition) is 0. The first kappa shape index (κ1) is 15.5. The number of fused-ring (bicyclic) bond motifs is 1. The van der Waals surface area contributed by atoms with Crippen molar-refractivity contribution < 1.29 is 13.9 Å². The summed E-state index contributed by atoms with van der Waals surface area (Å²) in [6.45, 7) is 0.575. The van der Waals surface area contributed by atoms with Crippen LogP contribution < -0.4 is 14.4 Å². The maximum atomic E-state index is 13.7. The van der Waals surface area contributed by atoms with Crippen LogP contribution in [0.15, 0.2) is 24.4 Å². The Balaban J connectivity index is 1.76. The zero-order valence-corrected chi connectivity index (χ0v) is 13.5.